The lowest BCUT2D eigenvalue weighted by molar-refractivity contribution is -0.142. The molecule has 0 saturated carbocycles. The van der Waals surface area contributed by atoms with Crippen LogP contribution in [0.3, 0.4) is 0 Å². The number of aliphatic carboxylic acids is 2. The molecule has 0 bridgehead atoms. The number of hydrogen-bond donors (Lipinski definition) is 5. The second-order valence-electron chi connectivity index (χ2n) is 14.2. The van der Waals surface area contributed by atoms with Gasteiger partial charge in [0.05, 0.1) is 39.6 Å². The normalized spacial score (nSPS) is 11.7. The topological polar surface area (TPSA) is 216 Å². The van der Waals surface area contributed by atoms with Crippen molar-refractivity contribution in [3.05, 3.63) is 0 Å². The number of carboxylic acid groups (broad SMARTS) is 2. The number of ether oxygens (including phenoxy) is 4. The first kappa shape index (κ1) is 51.9. The zero-order valence-electron chi connectivity index (χ0n) is 33.8. The van der Waals surface area contributed by atoms with E-state index in [0.717, 1.165) is 38.5 Å². The average molecular weight is 788 g/mol. The number of Topliss-reactive ketones (excluding diaryl/α,β-unsaturated/α-hetero) is 1. The van der Waals surface area contributed by atoms with Gasteiger partial charge in [0.25, 0.3) is 0 Å². The highest BCUT2D eigenvalue weighted by atomic mass is 16.5. The van der Waals surface area contributed by atoms with Gasteiger partial charge >= 0.3 is 11.9 Å². The highest BCUT2D eigenvalue weighted by Crippen LogP contribution is 2.14. The van der Waals surface area contributed by atoms with Crippen molar-refractivity contribution in [2.75, 3.05) is 65.9 Å². The molecule has 0 radical (unpaired) electrons. The summed E-state index contributed by atoms with van der Waals surface area (Å²) in [5.74, 6) is -2.85. The Morgan fingerprint density at radius 1 is 0.473 bits per heavy atom. The molecular formula is C40H73N3O12. The van der Waals surface area contributed by atoms with E-state index in [0.29, 0.717) is 32.8 Å². The zero-order chi connectivity index (χ0) is 40.8. The molecule has 0 spiro atoms. The van der Waals surface area contributed by atoms with E-state index in [1.807, 2.05) is 13.8 Å². The summed E-state index contributed by atoms with van der Waals surface area (Å²) in [5, 5.41) is 26.0. The fourth-order valence-electron chi connectivity index (χ4n) is 5.44. The van der Waals surface area contributed by atoms with Crippen LogP contribution in [0.15, 0.2) is 0 Å². The molecule has 15 heteroatoms. The minimum absolute atomic E-state index is 0.0129. The molecule has 5 N–H and O–H groups in total. The molecule has 55 heavy (non-hydrogen) atoms. The molecule has 0 aliphatic heterocycles. The molecule has 15 nitrogen and oxygen atoms in total. The van der Waals surface area contributed by atoms with Gasteiger partial charge in [-0.1, -0.05) is 104 Å². The second kappa shape index (κ2) is 37.8. The smallest absolute Gasteiger partial charge is 0.326 e. The monoisotopic (exact) mass is 788 g/mol. The number of hydrogen-bond acceptors (Lipinski definition) is 10. The quantitative estimate of drug-likeness (QED) is 0.0520. The fourth-order valence-corrected chi connectivity index (χ4v) is 5.44. The number of rotatable bonds is 41. The van der Waals surface area contributed by atoms with E-state index in [1.54, 1.807) is 0 Å². The fraction of sp³-hybridized carbons (Fsp3) is 0.850. The SMILES string of the molecule is CC(C)C(=O)COCCOCCNC(=O)COCCOCCNC(=O)CC[C@H](NC(=O)CCCCCCCCCCCCCCCCCCC(=O)O)C(=O)O. The molecule has 1 atom stereocenters. The molecule has 0 rings (SSSR count). The van der Waals surface area contributed by atoms with Gasteiger partial charge in [-0.15, -0.1) is 0 Å². The minimum Gasteiger partial charge on any atom is -0.481 e. The van der Waals surface area contributed by atoms with Crippen molar-refractivity contribution < 1.29 is 57.9 Å². The Kier molecular flexibility index (Phi) is 35.6. The molecule has 0 aliphatic carbocycles. The van der Waals surface area contributed by atoms with Gasteiger partial charge in [0.15, 0.2) is 5.78 Å². The van der Waals surface area contributed by atoms with Crippen LogP contribution in [0.2, 0.25) is 0 Å². The third-order valence-electron chi connectivity index (χ3n) is 8.84. The van der Waals surface area contributed by atoms with Crippen LogP contribution < -0.4 is 16.0 Å². The minimum atomic E-state index is -1.17. The molecule has 0 aromatic rings. The summed E-state index contributed by atoms with van der Waals surface area (Å²) in [5.41, 5.74) is 0. The van der Waals surface area contributed by atoms with Gasteiger partial charge in [0.1, 0.15) is 19.3 Å². The first-order chi connectivity index (χ1) is 26.5. The highest BCUT2D eigenvalue weighted by Gasteiger charge is 2.20. The van der Waals surface area contributed by atoms with E-state index in [-0.39, 0.29) is 94.7 Å². The third kappa shape index (κ3) is 37.6. The predicted molar refractivity (Wildman–Crippen MR) is 209 cm³/mol. The lowest BCUT2D eigenvalue weighted by Gasteiger charge is -2.14. The number of carbonyl (C=O) groups is 6. The van der Waals surface area contributed by atoms with Crippen LogP contribution in [0.4, 0.5) is 0 Å². The highest BCUT2D eigenvalue weighted by molar-refractivity contribution is 5.84. The Bertz CT molecular complexity index is 1030. The first-order valence-electron chi connectivity index (χ1n) is 20.6. The number of ketones is 1. The summed E-state index contributed by atoms with van der Waals surface area (Å²) in [6.07, 6.45) is 18.4. The molecule has 320 valence electrons. The van der Waals surface area contributed by atoms with Crippen LogP contribution >= 0.6 is 0 Å². The van der Waals surface area contributed by atoms with Crippen molar-refractivity contribution in [1.82, 2.24) is 16.0 Å². The van der Waals surface area contributed by atoms with Crippen LogP contribution in [0, 0.1) is 5.92 Å². The predicted octanol–water partition coefficient (Wildman–Crippen LogP) is 4.97. The van der Waals surface area contributed by atoms with Gasteiger partial charge in [0, 0.05) is 38.3 Å². The summed E-state index contributed by atoms with van der Waals surface area (Å²) >= 11 is 0. The Labute approximate surface area is 329 Å². The van der Waals surface area contributed by atoms with Gasteiger partial charge in [-0.3, -0.25) is 24.0 Å². The van der Waals surface area contributed by atoms with Crippen molar-refractivity contribution in [2.45, 2.75) is 148 Å². The standard InChI is InChI=1S/C40H73N3O12/c1-33(2)35(44)31-54-29-27-53-26-24-42-38(47)32-55-30-28-52-25-23-41-36(45)22-21-34(40(50)51)43-37(46)19-17-15-13-11-9-7-5-3-4-6-8-10-12-14-16-18-20-39(48)49/h33-34H,3-32H2,1-2H3,(H,41,45)(H,42,47)(H,43,46)(H,48,49)(H,50,51)/t34-/m0/s1. The molecule has 0 aromatic carbocycles. The summed E-state index contributed by atoms with van der Waals surface area (Å²) in [4.78, 5) is 69.9. The molecular weight excluding hydrogens is 714 g/mol. The molecule has 0 unspecified atom stereocenters. The molecule has 0 fully saturated rings. The van der Waals surface area contributed by atoms with Gasteiger partial charge in [-0.2, -0.15) is 0 Å². The zero-order valence-corrected chi connectivity index (χ0v) is 33.8. The van der Waals surface area contributed by atoms with Crippen molar-refractivity contribution in [3.63, 3.8) is 0 Å². The number of amides is 3. The van der Waals surface area contributed by atoms with Gasteiger partial charge in [0.2, 0.25) is 17.7 Å². The summed E-state index contributed by atoms with van der Waals surface area (Å²) in [7, 11) is 0. The Morgan fingerprint density at radius 3 is 1.35 bits per heavy atom. The van der Waals surface area contributed by atoms with Crippen molar-refractivity contribution in [2.24, 2.45) is 5.92 Å². The first-order valence-corrected chi connectivity index (χ1v) is 20.6. The second-order valence-corrected chi connectivity index (χ2v) is 14.2. The van der Waals surface area contributed by atoms with E-state index in [1.165, 1.54) is 57.8 Å². The van der Waals surface area contributed by atoms with E-state index < -0.39 is 18.0 Å². The average Bonchev–Trinajstić information content (AvgIpc) is 3.14. The maximum Gasteiger partial charge on any atom is 0.326 e. The maximum atomic E-state index is 12.3. The lowest BCUT2D eigenvalue weighted by atomic mass is 10.0. The number of nitrogens with one attached hydrogen (secondary N) is 3. The van der Waals surface area contributed by atoms with Gasteiger partial charge in [-0.25, -0.2) is 4.79 Å². The summed E-state index contributed by atoms with van der Waals surface area (Å²) in [6.45, 7) is 5.67. The van der Waals surface area contributed by atoms with Crippen LogP contribution in [0.1, 0.15) is 142 Å². The van der Waals surface area contributed by atoms with Gasteiger partial charge in [-0.05, 0) is 19.3 Å². The number of carbonyl (C=O) groups excluding carboxylic acids is 4. The number of unbranched alkanes of at least 4 members (excludes halogenated alkanes) is 15. The molecule has 0 saturated heterocycles. The van der Waals surface area contributed by atoms with Crippen LogP contribution in [-0.2, 0) is 47.7 Å². The van der Waals surface area contributed by atoms with E-state index in [9.17, 15) is 33.9 Å². The summed E-state index contributed by atoms with van der Waals surface area (Å²) < 4.78 is 21.2. The molecule has 0 aliphatic rings. The van der Waals surface area contributed by atoms with Crippen LogP contribution in [0.25, 0.3) is 0 Å². The largest absolute Gasteiger partial charge is 0.481 e. The van der Waals surface area contributed by atoms with Crippen molar-refractivity contribution in [1.29, 1.82) is 0 Å². The van der Waals surface area contributed by atoms with E-state index >= 15 is 0 Å². The Balaban J connectivity index is 3.64. The number of carboxylic acids is 2. The Morgan fingerprint density at radius 2 is 0.891 bits per heavy atom. The van der Waals surface area contributed by atoms with Crippen LogP contribution in [0.5, 0.6) is 0 Å². The molecule has 3 amide bonds. The Hall–Kier alpha value is -3.14. The van der Waals surface area contributed by atoms with E-state index in [4.69, 9.17) is 24.1 Å². The lowest BCUT2D eigenvalue weighted by Crippen LogP contribution is -2.41. The van der Waals surface area contributed by atoms with Crippen molar-refractivity contribution in [3.8, 4) is 0 Å². The van der Waals surface area contributed by atoms with Gasteiger partial charge < -0.3 is 45.1 Å². The van der Waals surface area contributed by atoms with Crippen LogP contribution in [-0.4, -0.2) is 118 Å². The third-order valence-corrected chi connectivity index (χ3v) is 8.84. The maximum absolute atomic E-state index is 12.3. The van der Waals surface area contributed by atoms with Crippen molar-refractivity contribution >= 4 is 35.4 Å². The molecule has 0 heterocycles. The summed E-state index contributed by atoms with van der Waals surface area (Å²) in [6, 6.07) is -1.13. The van der Waals surface area contributed by atoms with E-state index in [2.05, 4.69) is 16.0 Å². The molecule has 0 aromatic heterocycles.